The lowest BCUT2D eigenvalue weighted by Crippen LogP contribution is -1.86. The second-order valence-electron chi connectivity index (χ2n) is 2.62. The van der Waals surface area contributed by atoms with Crippen LogP contribution in [0.25, 0.3) is 0 Å². The molecule has 0 aromatic rings. The lowest BCUT2D eigenvalue weighted by molar-refractivity contribution is 0.142. The molecule has 0 spiro atoms. The third-order valence-corrected chi connectivity index (χ3v) is 1.43. The molecule has 0 fully saturated rings. The minimum atomic E-state index is 0.763. The molecule has 0 aliphatic rings. The van der Waals surface area contributed by atoms with E-state index in [1.54, 1.807) is 0 Å². The summed E-state index contributed by atoms with van der Waals surface area (Å²) >= 11 is 0. The summed E-state index contributed by atoms with van der Waals surface area (Å²) < 4.78 is 0. The molecular formula is C9H19NO. The van der Waals surface area contributed by atoms with E-state index in [0.717, 1.165) is 19.4 Å². The van der Waals surface area contributed by atoms with Crippen LogP contribution in [0, 0.1) is 0 Å². The largest absolute Gasteiger partial charge is 0.396 e. The van der Waals surface area contributed by atoms with E-state index < -0.39 is 0 Å². The number of nitrogens with zero attached hydrogens (tertiary/aromatic N) is 1. The standard InChI is InChI=1S/C9H19NO/c1-3-5-7-8-10-11-9-6-4-2/h8H,3-7,9H2,1-2H3. The van der Waals surface area contributed by atoms with Crippen LogP contribution in [0.3, 0.4) is 0 Å². The van der Waals surface area contributed by atoms with Crippen LogP contribution in [0.4, 0.5) is 0 Å². The van der Waals surface area contributed by atoms with E-state index in [2.05, 4.69) is 19.0 Å². The highest BCUT2D eigenvalue weighted by molar-refractivity contribution is 5.55. The topological polar surface area (TPSA) is 21.6 Å². The molecule has 0 aromatic heterocycles. The van der Waals surface area contributed by atoms with Gasteiger partial charge in [0.2, 0.25) is 0 Å². The molecule has 0 rings (SSSR count). The van der Waals surface area contributed by atoms with Crippen LogP contribution in [0.1, 0.15) is 46.0 Å². The molecular weight excluding hydrogens is 138 g/mol. The summed E-state index contributed by atoms with van der Waals surface area (Å²) in [6.45, 7) is 5.08. The Labute approximate surface area is 69.6 Å². The summed E-state index contributed by atoms with van der Waals surface area (Å²) in [5, 5.41) is 3.82. The normalized spacial score (nSPS) is 10.7. The Balaban J connectivity index is 2.91. The first-order valence-electron chi connectivity index (χ1n) is 4.55. The van der Waals surface area contributed by atoms with Gasteiger partial charge in [-0.1, -0.05) is 31.8 Å². The van der Waals surface area contributed by atoms with Crippen LogP contribution >= 0.6 is 0 Å². The van der Waals surface area contributed by atoms with Crippen molar-refractivity contribution < 1.29 is 4.84 Å². The van der Waals surface area contributed by atoms with E-state index >= 15 is 0 Å². The van der Waals surface area contributed by atoms with E-state index in [0.29, 0.717) is 0 Å². The van der Waals surface area contributed by atoms with Gasteiger partial charge in [0.1, 0.15) is 6.61 Å². The highest BCUT2D eigenvalue weighted by Crippen LogP contribution is 1.91. The van der Waals surface area contributed by atoms with Crippen molar-refractivity contribution in [3.8, 4) is 0 Å². The van der Waals surface area contributed by atoms with E-state index in [-0.39, 0.29) is 0 Å². The van der Waals surface area contributed by atoms with Gasteiger partial charge in [-0.2, -0.15) is 0 Å². The number of hydrogen-bond donors (Lipinski definition) is 0. The number of rotatable bonds is 7. The SMILES string of the molecule is CCCCC=NOCCCC. The average Bonchev–Trinajstić information content (AvgIpc) is 2.03. The van der Waals surface area contributed by atoms with E-state index in [4.69, 9.17) is 4.84 Å². The van der Waals surface area contributed by atoms with Gasteiger partial charge in [-0.05, 0) is 19.3 Å². The highest BCUT2D eigenvalue weighted by Gasteiger charge is 1.81. The van der Waals surface area contributed by atoms with Crippen molar-refractivity contribution in [1.29, 1.82) is 0 Å². The van der Waals surface area contributed by atoms with Crippen molar-refractivity contribution in [1.82, 2.24) is 0 Å². The Bertz CT molecular complexity index is 91.6. The molecule has 0 aliphatic carbocycles. The fourth-order valence-electron chi connectivity index (χ4n) is 0.662. The zero-order valence-corrected chi connectivity index (χ0v) is 7.68. The van der Waals surface area contributed by atoms with Crippen LogP contribution in [0.5, 0.6) is 0 Å². The van der Waals surface area contributed by atoms with Crippen LogP contribution in [0.15, 0.2) is 5.16 Å². The predicted octanol–water partition coefficient (Wildman–Crippen LogP) is 2.98. The molecule has 0 saturated carbocycles. The minimum absolute atomic E-state index is 0.763. The molecule has 0 heterocycles. The minimum Gasteiger partial charge on any atom is -0.396 e. The van der Waals surface area contributed by atoms with Crippen LogP contribution < -0.4 is 0 Å². The molecule has 0 amide bonds. The van der Waals surface area contributed by atoms with Crippen LogP contribution in [-0.4, -0.2) is 12.8 Å². The first-order valence-corrected chi connectivity index (χ1v) is 4.55. The fourth-order valence-corrected chi connectivity index (χ4v) is 0.662. The summed E-state index contributed by atoms with van der Waals surface area (Å²) in [5.41, 5.74) is 0. The molecule has 0 aromatic carbocycles. The van der Waals surface area contributed by atoms with Crippen LogP contribution in [-0.2, 0) is 4.84 Å². The molecule has 66 valence electrons. The monoisotopic (exact) mass is 157 g/mol. The Morgan fingerprint density at radius 2 is 1.91 bits per heavy atom. The quantitative estimate of drug-likeness (QED) is 0.316. The van der Waals surface area contributed by atoms with Gasteiger partial charge < -0.3 is 4.84 Å². The lowest BCUT2D eigenvalue weighted by Gasteiger charge is -1.94. The Hall–Kier alpha value is -0.530. The maximum atomic E-state index is 4.99. The predicted molar refractivity (Wildman–Crippen MR) is 48.9 cm³/mol. The van der Waals surface area contributed by atoms with Crippen molar-refractivity contribution in [3.63, 3.8) is 0 Å². The zero-order valence-electron chi connectivity index (χ0n) is 7.68. The van der Waals surface area contributed by atoms with Gasteiger partial charge in [-0.25, -0.2) is 0 Å². The molecule has 2 heteroatoms. The van der Waals surface area contributed by atoms with Gasteiger partial charge in [0.25, 0.3) is 0 Å². The summed E-state index contributed by atoms with van der Waals surface area (Å²) in [6, 6.07) is 0. The first kappa shape index (κ1) is 10.5. The second kappa shape index (κ2) is 9.47. The average molecular weight is 157 g/mol. The highest BCUT2D eigenvalue weighted by atomic mass is 16.6. The van der Waals surface area contributed by atoms with Crippen molar-refractivity contribution in [2.45, 2.75) is 46.0 Å². The van der Waals surface area contributed by atoms with Crippen LogP contribution in [0.2, 0.25) is 0 Å². The van der Waals surface area contributed by atoms with Crippen molar-refractivity contribution in [3.05, 3.63) is 0 Å². The smallest absolute Gasteiger partial charge is 0.117 e. The molecule has 0 saturated heterocycles. The third-order valence-electron chi connectivity index (χ3n) is 1.43. The maximum Gasteiger partial charge on any atom is 0.117 e. The number of hydrogen-bond acceptors (Lipinski definition) is 2. The molecule has 0 N–H and O–H groups in total. The Kier molecular flexibility index (Phi) is 9.01. The lowest BCUT2D eigenvalue weighted by atomic mass is 10.3. The molecule has 0 aliphatic heterocycles. The van der Waals surface area contributed by atoms with Gasteiger partial charge in [0.05, 0.1) is 0 Å². The summed E-state index contributed by atoms with van der Waals surface area (Å²) in [4.78, 5) is 4.99. The summed E-state index contributed by atoms with van der Waals surface area (Å²) in [5.74, 6) is 0. The molecule has 11 heavy (non-hydrogen) atoms. The van der Waals surface area contributed by atoms with Gasteiger partial charge in [0, 0.05) is 6.21 Å². The third kappa shape index (κ3) is 9.47. The van der Waals surface area contributed by atoms with Crippen molar-refractivity contribution in [2.24, 2.45) is 5.16 Å². The van der Waals surface area contributed by atoms with E-state index in [1.165, 1.54) is 19.3 Å². The zero-order chi connectivity index (χ0) is 8.36. The van der Waals surface area contributed by atoms with Crippen molar-refractivity contribution >= 4 is 6.21 Å². The Morgan fingerprint density at radius 1 is 1.18 bits per heavy atom. The molecule has 0 bridgehead atoms. The Morgan fingerprint density at radius 3 is 2.55 bits per heavy atom. The number of oxime groups is 1. The maximum absolute atomic E-state index is 4.99. The van der Waals surface area contributed by atoms with E-state index in [9.17, 15) is 0 Å². The van der Waals surface area contributed by atoms with Gasteiger partial charge in [-0.3, -0.25) is 0 Å². The van der Waals surface area contributed by atoms with Gasteiger partial charge >= 0.3 is 0 Å². The van der Waals surface area contributed by atoms with Gasteiger partial charge in [-0.15, -0.1) is 0 Å². The molecule has 0 unspecified atom stereocenters. The van der Waals surface area contributed by atoms with Gasteiger partial charge in [0.15, 0.2) is 0 Å². The molecule has 2 nitrogen and oxygen atoms in total. The summed E-state index contributed by atoms with van der Waals surface area (Å²) in [6.07, 6.45) is 7.61. The fraction of sp³-hybridized carbons (Fsp3) is 0.889. The van der Waals surface area contributed by atoms with E-state index in [1.807, 2.05) is 6.21 Å². The molecule has 0 atom stereocenters. The number of unbranched alkanes of at least 4 members (excludes halogenated alkanes) is 3. The molecule has 0 radical (unpaired) electrons. The van der Waals surface area contributed by atoms with Crippen molar-refractivity contribution in [2.75, 3.05) is 6.61 Å². The second-order valence-corrected chi connectivity index (χ2v) is 2.62. The first-order chi connectivity index (χ1) is 5.41. The summed E-state index contributed by atoms with van der Waals surface area (Å²) in [7, 11) is 0.